The summed E-state index contributed by atoms with van der Waals surface area (Å²) >= 11 is 0. The molecule has 1 unspecified atom stereocenters. The lowest BCUT2D eigenvalue weighted by atomic mass is 10.1. The van der Waals surface area contributed by atoms with Crippen molar-refractivity contribution in [3.8, 4) is 17.0 Å². The molecule has 0 bridgehead atoms. The fraction of sp³-hybridized carbons (Fsp3) is 0.158. The van der Waals surface area contributed by atoms with Gasteiger partial charge in [-0.15, -0.1) is 0 Å². The average Bonchev–Trinajstić information content (AvgIpc) is 3.13. The molecule has 5 nitrogen and oxygen atoms in total. The Bertz CT molecular complexity index is 1040. The summed E-state index contributed by atoms with van der Waals surface area (Å²) in [6.07, 6.45) is -4.22. The molecule has 2 N–H and O–H groups in total. The van der Waals surface area contributed by atoms with Crippen LogP contribution in [0.2, 0.25) is 0 Å². The van der Waals surface area contributed by atoms with Gasteiger partial charge in [0.05, 0.1) is 5.56 Å². The standard InChI is InChI=1S/C19H13F5N2O3/c1-9(29-14-7-6-12(20)15(16(14)21)17(25)27)18-26-13(8-28-18)10-2-4-11(5-3-10)19(22,23)24/h2-9H,1H3,(H2,25,27). The summed E-state index contributed by atoms with van der Waals surface area (Å²) in [5.74, 6) is -4.14. The maximum Gasteiger partial charge on any atom is 0.416 e. The van der Waals surface area contributed by atoms with Gasteiger partial charge in [-0.25, -0.2) is 13.8 Å². The summed E-state index contributed by atoms with van der Waals surface area (Å²) in [5, 5.41) is 0. The molecule has 3 aromatic rings. The molecule has 152 valence electrons. The second-order valence-electron chi connectivity index (χ2n) is 6.00. The van der Waals surface area contributed by atoms with Gasteiger partial charge < -0.3 is 14.9 Å². The zero-order valence-electron chi connectivity index (χ0n) is 14.8. The van der Waals surface area contributed by atoms with E-state index in [1.54, 1.807) is 0 Å². The molecule has 0 saturated heterocycles. The van der Waals surface area contributed by atoms with Crippen molar-refractivity contribution in [3.05, 3.63) is 71.3 Å². The van der Waals surface area contributed by atoms with E-state index in [0.29, 0.717) is 5.56 Å². The Morgan fingerprint density at radius 1 is 1.14 bits per heavy atom. The number of halogens is 5. The fourth-order valence-corrected chi connectivity index (χ4v) is 2.53. The van der Waals surface area contributed by atoms with Gasteiger partial charge in [0.2, 0.25) is 5.89 Å². The first-order valence-corrected chi connectivity index (χ1v) is 8.15. The third kappa shape index (κ3) is 4.20. The quantitative estimate of drug-likeness (QED) is 0.606. The molecule has 0 aliphatic carbocycles. The van der Waals surface area contributed by atoms with Crippen LogP contribution in [0.3, 0.4) is 0 Å². The molecule has 1 atom stereocenters. The van der Waals surface area contributed by atoms with E-state index in [2.05, 4.69) is 4.98 Å². The minimum Gasteiger partial charge on any atom is -0.478 e. The van der Waals surface area contributed by atoms with Gasteiger partial charge in [-0.2, -0.15) is 13.2 Å². The predicted octanol–water partition coefficient (Wildman–Crippen LogP) is 4.88. The van der Waals surface area contributed by atoms with Gasteiger partial charge in [0.15, 0.2) is 17.7 Å². The van der Waals surface area contributed by atoms with E-state index in [4.69, 9.17) is 14.9 Å². The Kier molecular flexibility index (Phi) is 5.27. The molecule has 1 amide bonds. The number of carbonyl (C=O) groups excluding carboxylic acids is 1. The highest BCUT2D eigenvalue weighted by Gasteiger charge is 2.30. The van der Waals surface area contributed by atoms with E-state index in [9.17, 15) is 26.7 Å². The van der Waals surface area contributed by atoms with E-state index in [0.717, 1.165) is 24.3 Å². The van der Waals surface area contributed by atoms with Gasteiger partial charge in [0, 0.05) is 5.56 Å². The topological polar surface area (TPSA) is 78.4 Å². The van der Waals surface area contributed by atoms with E-state index in [1.165, 1.54) is 25.3 Å². The second-order valence-corrected chi connectivity index (χ2v) is 6.00. The van der Waals surface area contributed by atoms with Crippen LogP contribution in [-0.4, -0.2) is 10.9 Å². The second kappa shape index (κ2) is 7.53. The Morgan fingerprint density at radius 3 is 2.38 bits per heavy atom. The molecule has 1 aromatic heterocycles. The van der Waals surface area contributed by atoms with Crippen molar-refractivity contribution in [1.82, 2.24) is 4.98 Å². The van der Waals surface area contributed by atoms with Crippen LogP contribution >= 0.6 is 0 Å². The van der Waals surface area contributed by atoms with Crippen LogP contribution in [0.25, 0.3) is 11.3 Å². The predicted molar refractivity (Wildman–Crippen MR) is 90.9 cm³/mol. The van der Waals surface area contributed by atoms with Crippen LogP contribution in [0, 0.1) is 11.6 Å². The molecule has 0 aliphatic rings. The van der Waals surface area contributed by atoms with Crippen LogP contribution in [0.1, 0.15) is 34.8 Å². The summed E-state index contributed by atoms with van der Waals surface area (Å²) in [6, 6.07) is 6.08. The number of ether oxygens (including phenoxy) is 1. The number of hydrogen-bond acceptors (Lipinski definition) is 4. The zero-order valence-corrected chi connectivity index (χ0v) is 14.8. The molecule has 2 aromatic carbocycles. The van der Waals surface area contributed by atoms with Gasteiger partial charge in [0.1, 0.15) is 23.3 Å². The minimum absolute atomic E-state index is 0.00996. The number of nitrogens with two attached hydrogens (primary N) is 1. The summed E-state index contributed by atoms with van der Waals surface area (Å²) in [6.45, 7) is 1.45. The van der Waals surface area contributed by atoms with Crippen LogP contribution in [-0.2, 0) is 6.18 Å². The third-order valence-corrected chi connectivity index (χ3v) is 3.98. The molecule has 10 heteroatoms. The van der Waals surface area contributed by atoms with E-state index in [-0.39, 0.29) is 11.6 Å². The largest absolute Gasteiger partial charge is 0.478 e. The van der Waals surface area contributed by atoms with Crippen LogP contribution in [0.5, 0.6) is 5.75 Å². The summed E-state index contributed by atoms with van der Waals surface area (Å²) in [5.41, 5.74) is 3.81. The lowest BCUT2D eigenvalue weighted by Crippen LogP contribution is -2.16. The molecule has 0 spiro atoms. The number of amides is 1. The van der Waals surface area contributed by atoms with Crippen molar-refractivity contribution >= 4 is 5.91 Å². The lowest BCUT2D eigenvalue weighted by molar-refractivity contribution is -0.137. The Balaban J connectivity index is 1.81. The SMILES string of the molecule is CC(Oc1ccc(F)c(C(N)=O)c1F)c1nc(-c2ccc(C(F)(F)F)cc2)co1. The normalized spacial score (nSPS) is 12.6. The smallest absolute Gasteiger partial charge is 0.416 e. The van der Waals surface area contributed by atoms with Gasteiger partial charge in [-0.3, -0.25) is 4.79 Å². The number of rotatable bonds is 5. The monoisotopic (exact) mass is 412 g/mol. The molecule has 0 aliphatic heterocycles. The summed E-state index contributed by atoms with van der Waals surface area (Å²) < 4.78 is 76.3. The third-order valence-electron chi connectivity index (χ3n) is 3.98. The zero-order chi connectivity index (χ0) is 21.3. The molecule has 29 heavy (non-hydrogen) atoms. The van der Waals surface area contributed by atoms with Crippen molar-refractivity contribution in [2.75, 3.05) is 0 Å². The van der Waals surface area contributed by atoms with E-state index in [1.807, 2.05) is 0 Å². The number of hydrogen-bond donors (Lipinski definition) is 1. The molecule has 0 fully saturated rings. The summed E-state index contributed by atoms with van der Waals surface area (Å²) in [7, 11) is 0. The van der Waals surface area contributed by atoms with Crippen LogP contribution in [0.4, 0.5) is 22.0 Å². The number of alkyl halides is 3. The number of primary amides is 1. The first-order valence-electron chi connectivity index (χ1n) is 8.15. The summed E-state index contributed by atoms with van der Waals surface area (Å²) in [4.78, 5) is 15.3. The molecular weight excluding hydrogens is 399 g/mol. The van der Waals surface area contributed by atoms with Gasteiger partial charge in [-0.1, -0.05) is 12.1 Å². The maximum absolute atomic E-state index is 14.3. The Morgan fingerprint density at radius 2 is 1.79 bits per heavy atom. The van der Waals surface area contributed by atoms with Crippen LogP contribution < -0.4 is 10.5 Å². The van der Waals surface area contributed by atoms with Crippen molar-refractivity contribution in [2.24, 2.45) is 5.73 Å². The maximum atomic E-state index is 14.3. The van der Waals surface area contributed by atoms with E-state index >= 15 is 0 Å². The van der Waals surface area contributed by atoms with Gasteiger partial charge >= 0.3 is 6.18 Å². The minimum atomic E-state index is -4.46. The first kappa shape index (κ1) is 20.3. The molecule has 0 saturated carbocycles. The van der Waals surface area contributed by atoms with E-state index < -0.39 is 46.7 Å². The number of benzene rings is 2. The number of nitrogens with zero attached hydrogens (tertiary/aromatic N) is 1. The Hall–Kier alpha value is -3.43. The van der Waals surface area contributed by atoms with Crippen molar-refractivity contribution in [2.45, 2.75) is 19.2 Å². The molecular formula is C19H13F5N2O3. The number of oxazole rings is 1. The van der Waals surface area contributed by atoms with Crippen LogP contribution in [0.15, 0.2) is 47.1 Å². The number of aromatic nitrogens is 1. The fourth-order valence-electron chi connectivity index (χ4n) is 2.53. The lowest BCUT2D eigenvalue weighted by Gasteiger charge is -2.13. The first-order chi connectivity index (χ1) is 13.6. The average molecular weight is 412 g/mol. The highest BCUT2D eigenvalue weighted by Crippen LogP contribution is 2.32. The highest BCUT2D eigenvalue weighted by molar-refractivity contribution is 5.93. The Labute approximate surface area is 160 Å². The van der Waals surface area contributed by atoms with Crippen molar-refractivity contribution in [1.29, 1.82) is 0 Å². The molecule has 1 heterocycles. The van der Waals surface area contributed by atoms with Gasteiger partial charge in [-0.05, 0) is 31.2 Å². The highest BCUT2D eigenvalue weighted by atomic mass is 19.4. The van der Waals surface area contributed by atoms with Crippen molar-refractivity contribution < 1.29 is 35.9 Å². The molecule has 3 rings (SSSR count). The molecule has 0 radical (unpaired) electrons. The van der Waals surface area contributed by atoms with Crippen molar-refractivity contribution in [3.63, 3.8) is 0 Å². The number of carbonyl (C=O) groups is 1. The van der Waals surface area contributed by atoms with Gasteiger partial charge in [0.25, 0.3) is 5.91 Å².